The zero-order chi connectivity index (χ0) is 21.3. The number of thiocarbonyl (C=S) groups is 1. The van der Waals surface area contributed by atoms with Crippen LogP contribution in [-0.2, 0) is 6.61 Å². The maximum atomic E-state index is 6.50. The Labute approximate surface area is 187 Å². The second-order valence-electron chi connectivity index (χ2n) is 6.46. The van der Waals surface area contributed by atoms with Gasteiger partial charge in [0.2, 0.25) is 0 Å². The maximum absolute atomic E-state index is 6.50. The fourth-order valence-electron chi connectivity index (χ4n) is 2.92. The number of fused-ring (bicyclic) bond motifs is 1. The molecule has 156 valence electrons. The Hall–Kier alpha value is -2.83. The van der Waals surface area contributed by atoms with Gasteiger partial charge in [0.15, 0.2) is 16.6 Å². The van der Waals surface area contributed by atoms with Crippen molar-refractivity contribution in [3.63, 3.8) is 0 Å². The Morgan fingerprint density at radius 3 is 2.63 bits per heavy atom. The molecule has 3 aromatic rings. The summed E-state index contributed by atoms with van der Waals surface area (Å²) in [5.74, 6) is 1.08. The predicted octanol–water partition coefficient (Wildman–Crippen LogP) is 5.29. The molecule has 2 N–H and O–H groups in total. The highest BCUT2D eigenvalue weighted by Gasteiger charge is 2.13. The smallest absolute Gasteiger partial charge is 0.186 e. The topological polar surface area (TPSA) is 54.9 Å². The summed E-state index contributed by atoms with van der Waals surface area (Å²) in [4.78, 5) is 0. The average molecular weight is 442 g/mol. The van der Waals surface area contributed by atoms with Crippen LogP contribution in [-0.4, -0.2) is 24.5 Å². The van der Waals surface area contributed by atoms with E-state index in [0.29, 0.717) is 34.8 Å². The summed E-state index contributed by atoms with van der Waals surface area (Å²) >= 11 is 11.6. The Bertz CT molecular complexity index is 1060. The summed E-state index contributed by atoms with van der Waals surface area (Å²) in [5, 5.41) is 10.4. The molecule has 0 saturated heterocycles. The molecule has 3 aromatic carbocycles. The number of halogens is 1. The summed E-state index contributed by atoms with van der Waals surface area (Å²) in [6.07, 6.45) is 1.63. The van der Waals surface area contributed by atoms with Gasteiger partial charge in [0.05, 0.1) is 17.8 Å². The zero-order valence-electron chi connectivity index (χ0n) is 16.9. The summed E-state index contributed by atoms with van der Waals surface area (Å²) in [6, 6.07) is 18.1. The minimum absolute atomic E-state index is 0.385. The number of rotatable bonds is 8. The van der Waals surface area contributed by atoms with Crippen LogP contribution in [0.2, 0.25) is 5.02 Å². The molecular formula is C23H24ClN3O2S. The second kappa shape index (κ2) is 10.8. The van der Waals surface area contributed by atoms with Crippen molar-refractivity contribution in [2.24, 2.45) is 5.10 Å². The lowest BCUT2D eigenvalue weighted by molar-refractivity contribution is 0.269. The van der Waals surface area contributed by atoms with Crippen LogP contribution in [0.3, 0.4) is 0 Å². The first-order chi connectivity index (χ1) is 14.6. The molecule has 0 atom stereocenters. The molecule has 0 spiro atoms. The second-order valence-corrected chi connectivity index (χ2v) is 7.28. The number of hydrogen-bond donors (Lipinski definition) is 2. The molecule has 0 fully saturated rings. The Kier molecular flexibility index (Phi) is 7.88. The van der Waals surface area contributed by atoms with Crippen LogP contribution in [0.15, 0.2) is 59.7 Å². The summed E-state index contributed by atoms with van der Waals surface area (Å²) in [5.41, 5.74) is 4.58. The molecule has 0 amide bonds. The largest absolute Gasteiger partial charge is 0.490 e. The van der Waals surface area contributed by atoms with Crippen LogP contribution < -0.4 is 20.2 Å². The van der Waals surface area contributed by atoms with Crippen molar-refractivity contribution >= 4 is 45.9 Å². The van der Waals surface area contributed by atoms with E-state index in [4.69, 9.17) is 33.3 Å². The normalized spacial score (nSPS) is 10.9. The van der Waals surface area contributed by atoms with E-state index in [1.54, 1.807) is 12.3 Å². The molecule has 0 aliphatic rings. The van der Waals surface area contributed by atoms with E-state index >= 15 is 0 Å². The number of hydrogen-bond acceptors (Lipinski definition) is 4. The number of ether oxygens (including phenoxy) is 2. The monoisotopic (exact) mass is 441 g/mol. The van der Waals surface area contributed by atoms with Crippen molar-refractivity contribution in [2.75, 3.05) is 13.2 Å². The van der Waals surface area contributed by atoms with Gasteiger partial charge in [-0.25, -0.2) is 0 Å². The Morgan fingerprint density at radius 2 is 1.87 bits per heavy atom. The van der Waals surface area contributed by atoms with Crippen molar-refractivity contribution in [1.29, 1.82) is 0 Å². The summed E-state index contributed by atoms with van der Waals surface area (Å²) in [7, 11) is 0. The van der Waals surface area contributed by atoms with Gasteiger partial charge >= 0.3 is 0 Å². The van der Waals surface area contributed by atoms with Crippen LogP contribution in [0.4, 0.5) is 0 Å². The van der Waals surface area contributed by atoms with E-state index in [0.717, 1.165) is 17.7 Å². The highest BCUT2D eigenvalue weighted by atomic mass is 35.5. The fraction of sp³-hybridized carbons (Fsp3) is 0.217. The molecule has 0 aromatic heterocycles. The Balaban J connectivity index is 1.75. The molecule has 0 radical (unpaired) electrons. The lowest BCUT2D eigenvalue weighted by Gasteiger charge is -2.15. The van der Waals surface area contributed by atoms with Gasteiger partial charge in [-0.1, -0.05) is 48.0 Å². The van der Waals surface area contributed by atoms with Crippen molar-refractivity contribution in [1.82, 2.24) is 10.7 Å². The first-order valence-electron chi connectivity index (χ1n) is 9.74. The quantitative estimate of drug-likeness (QED) is 0.282. The fourth-order valence-corrected chi connectivity index (χ4v) is 3.39. The molecule has 0 bridgehead atoms. The summed E-state index contributed by atoms with van der Waals surface area (Å²) in [6.45, 7) is 5.48. The molecule has 5 nitrogen and oxygen atoms in total. The van der Waals surface area contributed by atoms with Crippen LogP contribution >= 0.6 is 23.8 Å². The Morgan fingerprint density at radius 1 is 1.07 bits per heavy atom. The molecule has 0 heterocycles. The van der Waals surface area contributed by atoms with Crippen LogP contribution in [0, 0.1) is 0 Å². The van der Waals surface area contributed by atoms with E-state index in [9.17, 15) is 0 Å². The SMILES string of the molecule is CCNC(=S)NN=Cc1cc(Cl)c(OCc2ccc3ccccc3c2)c(OCC)c1. The molecule has 7 heteroatoms. The van der Waals surface area contributed by atoms with E-state index in [-0.39, 0.29) is 0 Å². The van der Waals surface area contributed by atoms with Gasteiger partial charge in [0.25, 0.3) is 0 Å². The maximum Gasteiger partial charge on any atom is 0.186 e. The van der Waals surface area contributed by atoms with Gasteiger partial charge in [-0.15, -0.1) is 0 Å². The van der Waals surface area contributed by atoms with Crippen LogP contribution in [0.1, 0.15) is 25.0 Å². The minimum Gasteiger partial charge on any atom is -0.490 e. The van der Waals surface area contributed by atoms with E-state index in [1.807, 2.05) is 32.0 Å². The molecule has 0 unspecified atom stereocenters. The van der Waals surface area contributed by atoms with Crippen molar-refractivity contribution in [3.05, 3.63) is 70.7 Å². The van der Waals surface area contributed by atoms with Gasteiger partial charge in [0, 0.05) is 6.54 Å². The van der Waals surface area contributed by atoms with E-state index in [2.05, 4.69) is 46.2 Å². The highest BCUT2D eigenvalue weighted by Crippen LogP contribution is 2.37. The first-order valence-corrected chi connectivity index (χ1v) is 10.5. The number of nitrogens with zero attached hydrogens (tertiary/aromatic N) is 1. The number of hydrazone groups is 1. The minimum atomic E-state index is 0.385. The van der Waals surface area contributed by atoms with Crippen LogP contribution in [0.25, 0.3) is 10.8 Å². The lowest BCUT2D eigenvalue weighted by Crippen LogP contribution is -2.31. The van der Waals surface area contributed by atoms with E-state index in [1.165, 1.54) is 10.8 Å². The zero-order valence-corrected chi connectivity index (χ0v) is 18.5. The van der Waals surface area contributed by atoms with Gasteiger partial charge in [0.1, 0.15) is 6.61 Å². The van der Waals surface area contributed by atoms with Crippen molar-refractivity contribution in [2.45, 2.75) is 20.5 Å². The van der Waals surface area contributed by atoms with Crippen LogP contribution in [0.5, 0.6) is 11.5 Å². The molecular weight excluding hydrogens is 418 g/mol. The number of nitrogens with one attached hydrogen (secondary N) is 2. The predicted molar refractivity (Wildman–Crippen MR) is 128 cm³/mol. The third-order valence-corrected chi connectivity index (χ3v) is 4.76. The van der Waals surface area contributed by atoms with Gasteiger partial charge in [-0.3, -0.25) is 5.43 Å². The first kappa shape index (κ1) is 21.9. The molecule has 0 aliphatic carbocycles. The van der Waals surface area contributed by atoms with Gasteiger partial charge in [-0.05, 0) is 66.2 Å². The van der Waals surface area contributed by atoms with Crippen molar-refractivity contribution < 1.29 is 9.47 Å². The van der Waals surface area contributed by atoms with E-state index < -0.39 is 0 Å². The van der Waals surface area contributed by atoms with Gasteiger partial charge in [-0.2, -0.15) is 5.10 Å². The molecule has 0 aliphatic heterocycles. The third-order valence-electron chi connectivity index (χ3n) is 4.25. The number of benzene rings is 3. The average Bonchev–Trinajstić information content (AvgIpc) is 2.73. The third kappa shape index (κ3) is 5.84. The van der Waals surface area contributed by atoms with Gasteiger partial charge < -0.3 is 14.8 Å². The van der Waals surface area contributed by atoms with Crippen molar-refractivity contribution in [3.8, 4) is 11.5 Å². The lowest BCUT2D eigenvalue weighted by atomic mass is 10.1. The summed E-state index contributed by atoms with van der Waals surface area (Å²) < 4.78 is 11.8. The molecule has 0 saturated carbocycles. The highest BCUT2D eigenvalue weighted by molar-refractivity contribution is 7.80. The standard InChI is InChI=1S/C23H24ClN3O2S/c1-3-25-23(30)27-26-14-17-12-20(24)22(21(13-17)28-4-2)29-15-16-9-10-18-7-5-6-8-19(18)11-16/h5-14H,3-4,15H2,1-2H3,(H2,25,27,30). The molecule has 3 rings (SSSR count). The molecule has 30 heavy (non-hydrogen) atoms.